The molecule has 6 nitrogen and oxygen atoms in total. The lowest BCUT2D eigenvalue weighted by Crippen LogP contribution is -2.03. The predicted octanol–water partition coefficient (Wildman–Crippen LogP) is 5.40. The second-order valence-corrected chi connectivity index (χ2v) is 7.48. The van der Waals surface area contributed by atoms with Crippen LogP contribution < -0.4 is 0 Å². The minimum atomic E-state index is -1.27. The molecule has 0 atom stereocenters. The highest BCUT2D eigenvalue weighted by molar-refractivity contribution is 5.96. The Morgan fingerprint density at radius 3 is 1.77 bits per heavy atom. The molecule has 2 aromatic carbocycles. The lowest BCUT2D eigenvalue weighted by atomic mass is 9.96. The molecule has 0 aliphatic rings. The van der Waals surface area contributed by atoms with Crippen LogP contribution in [0.5, 0.6) is 11.5 Å². The molecule has 0 saturated heterocycles. The molecule has 0 spiro atoms. The summed E-state index contributed by atoms with van der Waals surface area (Å²) in [5, 5.41) is 39.3. The minimum Gasteiger partial charge on any atom is -0.507 e. The molecule has 0 saturated carbocycles. The Hall–Kier alpha value is -3.54. The Morgan fingerprint density at radius 1 is 0.800 bits per heavy atom. The van der Waals surface area contributed by atoms with Crippen molar-refractivity contribution >= 4 is 11.9 Å². The second-order valence-electron chi connectivity index (χ2n) is 7.48. The lowest BCUT2D eigenvalue weighted by molar-refractivity contribution is 0.0696. The zero-order chi connectivity index (χ0) is 22.4. The summed E-state index contributed by atoms with van der Waals surface area (Å²) < 4.78 is 0. The Labute approximate surface area is 175 Å². The Balaban J connectivity index is 2.34. The van der Waals surface area contributed by atoms with Crippen LogP contribution in [0, 0.1) is 0 Å². The van der Waals surface area contributed by atoms with Crippen LogP contribution in [0.15, 0.2) is 53.6 Å². The molecule has 0 bridgehead atoms. The zero-order valence-corrected chi connectivity index (χ0v) is 17.3. The molecule has 0 unspecified atom stereocenters. The van der Waals surface area contributed by atoms with E-state index in [0.717, 1.165) is 24.5 Å². The molecule has 158 valence electrons. The number of hydrogen-bond donors (Lipinski definition) is 4. The third kappa shape index (κ3) is 5.98. The van der Waals surface area contributed by atoms with Crippen LogP contribution in [0.3, 0.4) is 0 Å². The van der Waals surface area contributed by atoms with Crippen molar-refractivity contribution in [2.45, 2.75) is 40.0 Å². The van der Waals surface area contributed by atoms with Crippen molar-refractivity contribution in [3.63, 3.8) is 0 Å². The Morgan fingerprint density at radius 2 is 1.30 bits per heavy atom. The van der Waals surface area contributed by atoms with Crippen LogP contribution in [0.2, 0.25) is 0 Å². The van der Waals surface area contributed by atoms with Crippen LogP contribution in [0.4, 0.5) is 0 Å². The van der Waals surface area contributed by atoms with Gasteiger partial charge in [-0.1, -0.05) is 23.3 Å². The van der Waals surface area contributed by atoms with Gasteiger partial charge in [-0.2, -0.15) is 0 Å². The highest BCUT2D eigenvalue weighted by atomic mass is 16.4. The van der Waals surface area contributed by atoms with Gasteiger partial charge in [-0.05, 0) is 81.5 Å². The molecular weight excluding hydrogens is 384 g/mol. The van der Waals surface area contributed by atoms with E-state index in [2.05, 4.69) is 6.08 Å². The normalized spacial score (nSPS) is 11.2. The van der Waals surface area contributed by atoms with E-state index in [0.29, 0.717) is 17.5 Å². The predicted molar refractivity (Wildman–Crippen MR) is 115 cm³/mol. The number of carboxylic acid groups (broad SMARTS) is 2. The van der Waals surface area contributed by atoms with Gasteiger partial charge in [-0.15, -0.1) is 0 Å². The van der Waals surface area contributed by atoms with Gasteiger partial charge < -0.3 is 20.4 Å². The molecule has 0 aliphatic carbocycles. The number of benzene rings is 2. The topological polar surface area (TPSA) is 115 Å². The molecule has 0 aliphatic heterocycles. The lowest BCUT2D eigenvalue weighted by Gasteiger charge is -2.11. The Kier molecular flexibility index (Phi) is 7.42. The summed E-state index contributed by atoms with van der Waals surface area (Å²) in [6.45, 7) is 6.08. The number of carboxylic acids is 2. The average Bonchev–Trinajstić information content (AvgIpc) is 2.66. The molecule has 0 aromatic heterocycles. The minimum absolute atomic E-state index is 0.143. The first kappa shape index (κ1) is 22.7. The van der Waals surface area contributed by atoms with Gasteiger partial charge in [-0.25, -0.2) is 9.59 Å². The van der Waals surface area contributed by atoms with E-state index in [1.54, 1.807) is 0 Å². The maximum atomic E-state index is 11.3. The first-order valence-electron chi connectivity index (χ1n) is 9.54. The van der Waals surface area contributed by atoms with E-state index in [4.69, 9.17) is 0 Å². The first-order chi connectivity index (χ1) is 14.1. The summed E-state index contributed by atoms with van der Waals surface area (Å²) in [6.07, 6.45) is 6.24. The fraction of sp³-hybridized carbons (Fsp3) is 0.250. The summed E-state index contributed by atoms with van der Waals surface area (Å²) in [7, 11) is 0. The van der Waals surface area contributed by atoms with Gasteiger partial charge in [0, 0.05) is 5.56 Å². The van der Waals surface area contributed by atoms with Crippen LogP contribution >= 0.6 is 0 Å². The number of rotatable bonds is 8. The standard InChI is InChI=1S/C24H26O6/c1-14(2)5-4-6-15(3)7-8-20-21(25)12-17(13-22(20)26)16-9-18(23(27)28)11-19(10-16)24(29)30/h5,7,9-13,25-26H,4,6,8H2,1-3H3,(H,27,28)(H,29,30)/b15-7+. The van der Waals surface area contributed by atoms with Crippen molar-refractivity contribution in [3.05, 3.63) is 70.3 Å². The number of carbonyl (C=O) groups is 2. The van der Waals surface area contributed by atoms with Gasteiger partial charge in [0.05, 0.1) is 11.1 Å². The number of aromatic hydroxyl groups is 2. The highest BCUT2D eigenvalue weighted by Gasteiger charge is 2.15. The number of hydrogen-bond acceptors (Lipinski definition) is 4. The van der Waals surface area contributed by atoms with Crippen molar-refractivity contribution in [3.8, 4) is 22.6 Å². The molecule has 0 heterocycles. The molecule has 0 radical (unpaired) electrons. The van der Waals surface area contributed by atoms with Gasteiger partial charge in [0.1, 0.15) is 11.5 Å². The highest BCUT2D eigenvalue weighted by Crippen LogP contribution is 2.35. The quantitative estimate of drug-likeness (QED) is 0.433. The van der Waals surface area contributed by atoms with Crippen LogP contribution in [0.1, 0.15) is 59.9 Å². The van der Waals surface area contributed by atoms with Crippen LogP contribution in [-0.2, 0) is 6.42 Å². The van der Waals surface area contributed by atoms with E-state index in [1.165, 1.54) is 29.8 Å². The average molecular weight is 410 g/mol. The molecule has 2 rings (SSSR count). The van der Waals surface area contributed by atoms with Gasteiger partial charge in [0.25, 0.3) is 0 Å². The van der Waals surface area contributed by atoms with E-state index < -0.39 is 11.9 Å². The molecular formula is C24H26O6. The number of allylic oxidation sites excluding steroid dienone is 4. The van der Waals surface area contributed by atoms with Crippen LogP contribution in [-0.4, -0.2) is 32.4 Å². The third-order valence-corrected chi connectivity index (χ3v) is 4.71. The smallest absolute Gasteiger partial charge is 0.335 e. The summed E-state index contributed by atoms with van der Waals surface area (Å²) in [5.74, 6) is -2.82. The third-order valence-electron chi connectivity index (χ3n) is 4.71. The summed E-state index contributed by atoms with van der Waals surface area (Å²) >= 11 is 0. The largest absolute Gasteiger partial charge is 0.507 e. The maximum Gasteiger partial charge on any atom is 0.335 e. The second kappa shape index (κ2) is 9.78. The van der Waals surface area contributed by atoms with Crippen molar-refractivity contribution in [1.82, 2.24) is 0 Å². The fourth-order valence-corrected chi connectivity index (χ4v) is 3.03. The van der Waals surface area contributed by atoms with Gasteiger partial charge in [-0.3, -0.25) is 0 Å². The van der Waals surface area contributed by atoms with Gasteiger partial charge in [0.15, 0.2) is 0 Å². The molecule has 0 fully saturated rings. The van der Waals surface area contributed by atoms with Crippen LogP contribution in [0.25, 0.3) is 11.1 Å². The molecule has 0 amide bonds. The number of phenols is 2. The molecule has 2 aromatic rings. The maximum absolute atomic E-state index is 11.3. The fourth-order valence-electron chi connectivity index (χ4n) is 3.03. The van der Waals surface area contributed by atoms with Gasteiger partial charge >= 0.3 is 11.9 Å². The van der Waals surface area contributed by atoms with Crippen molar-refractivity contribution in [2.75, 3.05) is 0 Å². The zero-order valence-electron chi connectivity index (χ0n) is 17.3. The molecule has 4 N–H and O–H groups in total. The number of phenolic OH excluding ortho intramolecular Hbond substituents is 2. The molecule has 6 heteroatoms. The van der Waals surface area contributed by atoms with Gasteiger partial charge in [0.2, 0.25) is 0 Å². The summed E-state index contributed by atoms with van der Waals surface area (Å²) in [4.78, 5) is 22.6. The first-order valence-corrected chi connectivity index (χ1v) is 9.54. The van der Waals surface area contributed by atoms with Crippen molar-refractivity contribution in [1.29, 1.82) is 0 Å². The van der Waals surface area contributed by atoms with E-state index in [9.17, 15) is 30.0 Å². The summed E-state index contributed by atoms with van der Waals surface area (Å²) in [6, 6.07) is 6.46. The monoisotopic (exact) mass is 410 g/mol. The van der Waals surface area contributed by atoms with E-state index >= 15 is 0 Å². The van der Waals surface area contributed by atoms with Crippen molar-refractivity contribution < 1.29 is 30.0 Å². The van der Waals surface area contributed by atoms with E-state index in [1.807, 2.05) is 26.8 Å². The SMILES string of the molecule is CC(C)=CCC/C(C)=C/Cc1c(O)cc(-c2cc(C(=O)O)cc(C(=O)O)c2)cc1O. The van der Waals surface area contributed by atoms with E-state index in [-0.39, 0.29) is 28.2 Å². The number of aromatic carboxylic acids is 2. The molecule has 30 heavy (non-hydrogen) atoms. The summed E-state index contributed by atoms with van der Waals surface area (Å²) in [5.41, 5.74) is 2.96. The van der Waals surface area contributed by atoms with Crippen molar-refractivity contribution in [2.24, 2.45) is 0 Å². The Bertz CT molecular complexity index is 971.